The molecule has 0 amide bonds. The second-order valence-electron chi connectivity index (χ2n) is 3.66. The van der Waals surface area contributed by atoms with Crippen LogP contribution in [0.1, 0.15) is 12.8 Å². The largest absolute Gasteiger partial charge is 0.481 e. The number of carboxylic acid groups (broad SMARTS) is 2. The predicted molar refractivity (Wildman–Crippen MR) is 54.3 cm³/mol. The second kappa shape index (κ2) is 4.77. The third-order valence-corrected chi connectivity index (χ3v) is 2.71. The van der Waals surface area contributed by atoms with Crippen molar-refractivity contribution in [2.24, 2.45) is 17.8 Å². The van der Waals surface area contributed by atoms with E-state index >= 15 is 0 Å². The van der Waals surface area contributed by atoms with Gasteiger partial charge < -0.3 is 10.2 Å². The van der Waals surface area contributed by atoms with Crippen LogP contribution in [0.2, 0.25) is 0 Å². The minimum absolute atomic E-state index is 0.255. The molecule has 0 aliphatic heterocycles. The fraction of sp³-hybridized carbons (Fsp3) is 0.455. The van der Waals surface area contributed by atoms with Gasteiger partial charge >= 0.3 is 11.9 Å². The van der Waals surface area contributed by atoms with Gasteiger partial charge in [0.15, 0.2) is 0 Å². The van der Waals surface area contributed by atoms with Crippen LogP contribution in [-0.2, 0) is 9.59 Å². The molecule has 4 heteroatoms. The van der Waals surface area contributed by atoms with Crippen molar-refractivity contribution in [2.45, 2.75) is 12.8 Å². The molecule has 82 valence electrons. The molecule has 0 bridgehead atoms. The van der Waals surface area contributed by atoms with Gasteiger partial charge in [-0.2, -0.15) is 0 Å². The minimum atomic E-state index is -1.04. The van der Waals surface area contributed by atoms with Crippen molar-refractivity contribution in [3.8, 4) is 0 Å². The predicted octanol–water partition coefficient (Wildman–Crippen LogP) is 1.54. The van der Waals surface area contributed by atoms with Gasteiger partial charge in [0.1, 0.15) is 0 Å². The van der Waals surface area contributed by atoms with Gasteiger partial charge in [0.25, 0.3) is 0 Å². The lowest BCUT2D eigenvalue weighted by atomic mass is 9.74. The Morgan fingerprint density at radius 1 is 1.40 bits per heavy atom. The highest BCUT2D eigenvalue weighted by Gasteiger charge is 2.39. The fourth-order valence-corrected chi connectivity index (χ4v) is 1.99. The molecular formula is C11H14O4. The molecule has 0 heterocycles. The van der Waals surface area contributed by atoms with Crippen LogP contribution in [0.25, 0.3) is 0 Å². The average Bonchev–Trinajstić information content (AvgIpc) is 2.17. The summed E-state index contributed by atoms with van der Waals surface area (Å²) in [5, 5.41) is 17.9. The van der Waals surface area contributed by atoms with Crippen LogP contribution >= 0.6 is 0 Å². The maximum absolute atomic E-state index is 11.0. The highest BCUT2D eigenvalue weighted by atomic mass is 16.4. The summed E-state index contributed by atoms with van der Waals surface area (Å²) >= 11 is 0. The second-order valence-corrected chi connectivity index (χ2v) is 3.66. The first-order valence-corrected chi connectivity index (χ1v) is 4.81. The molecule has 4 nitrogen and oxygen atoms in total. The zero-order valence-electron chi connectivity index (χ0n) is 8.30. The molecule has 0 fully saturated rings. The van der Waals surface area contributed by atoms with E-state index in [1.807, 2.05) is 0 Å². The maximum atomic E-state index is 11.0. The molecule has 0 spiro atoms. The standard InChI is InChI=1S/C11H14O4/c1-2-4-7-5-3-6-8(10(12)13)9(7)11(14)15/h2-3,5,7-9H,1,4,6H2,(H,12,13)(H,14,15). The van der Waals surface area contributed by atoms with Gasteiger partial charge in [0.2, 0.25) is 0 Å². The Morgan fingerprint density at radius 2 is 2.07 bits per heavy atom. The Bertz CT molecular complexity index is 306. The molecule has 0 saturated heterocycles. The van der Waals surface area contributed by atoms with Crippen LogP contribution in [0.15, 0.2) is 24.8 Å². The fourth-order valence-electron chi connectivity index (χ4n) is 1.99. The van der Waals surface area contributed by atoms with Crippen molar-refractivity contribution in [1.29, 1.82) is 0 Å². The van der Waals surface area contributed by atoms with Crippen molar-refractivity contribution in [1.82, 2.24) is 0 Å². The lowest BCUT2D eigenvalue weighted by Gasteiger charge is -2.28. The molecular weight excluding hydrogens is 196 g/mol. The van der Waals surface area contributed by atoms with E-state index in [2.05, 4.69) is 6.58 Å². The van der Waals surface area contributed by atoms with Crippen LogP contribution in [0.4, 0.5) is 0 Å². The van der Waals surface area contributed by atoms with E-state index in [9.17, 15) is 9.59 Å². The van der Waals surface area contributed by atoms with Crippen molar-refractivity contribution < 1.29 is 19.8 Å². The van der Waals surface area contributed by atoms with Crippen LogP contribution in [0.5, 0.6) is 0 Å². The van der Waals surface area contributed by atoms with E-state index in [4.69, 9.17) is 10.2 Å². The first-order chi connectivity index (χ1) is 7.07. The lowest BCUT2D eigenvalue weighted by molar-refractivity contribution is -0.155. The molecule has 15 heavy (non-hydrogen) atoms. The molecule has 3 atom stereocenters. The minimum Gasteiger partial charge on any atom is -0.481 e. The van der Waals surface area contributed by atoms with Crippen LogP contribution in [0, 0.1) is 17.8 Å². The summed E-state index contributed by atoms with van der Waals surface area (Å²) in [5.41, 5.74) is 0. The molecule has 0 saturated carbocycles. The van der Waals surface area contributed by atoms with Gasteiger partial charge in [-0.25, -0.2) is 0 Å². The number of hydrogen-bond donors (Lipinski definition) is 2. The zero-order chi connectivity index (χ0) is 11.4. The normalized spacial score (nSPS) is 29.7. The van der Waals surface area contributed by atoms with E-state index in [0.29, 0.717) is 12.8 Å². The van der Waals surface area contributed by atoms with Gasteiger partial charge in [0.05, 0.1) is 11.8 Å². The van der Waals surface area contributed by atoms with E-state index in [1.54, 1.807) is 18.2 Å². The third kappa shape index (κ3) is 2.46. The lowest BCUT2D eigenvalue weighted by Crippen LogP contribution is -2.36. The van der Waals surface area contributed by atoms with E-state index < -0.39 is 23.8 Å². The summed E-state index contributed by atoms with van der Waals surface area (Å²) in [6, 6.07) is 0. The summed E-state index contributed by atoms with van der Waals surface area (Å²) in [4.78, 5) is 21.9. The van der Waals surface area contributed by atoms with Crippen molar-refractivity contribution in [3.63, 3.8) is 0 Å². The van der Waals surface area contributed by atoms with E-state index in [1.165, 1.54) is 0 Å². The molecule has 0 aromatic heterocycles. The SMILES string of the molecule is C=CCC1C=CCC(C(=O)O)C1C(=O)O. The molecule has 3 unspecified atom stereocenters. The van der Waals surface area contributed by atoms with Crippen LogP contribution < -0.4 is 0 Å². The van der Waals surface area contributed by atoms with Crippen LogP contribution in [-0.4, -0.2) is 22.2 Å². The smallest absolute Gasteiger partial charge is 0.307 e. The molecule has 2 N–H and O–H groups in total. The molecule has 1 aliphatic carbocycles. The number of carbonyl (C=O) groups is 2. The van der Waals surface area contributed by atoms with Crippen LogP contribution in [0.3, 0.4) is 0 Å². The first kappa shape index (κ1) is 11.5. The molecule has 0 radical (unpaired) electrons. The summed E-state index contributed by atoms with van der Waals surface area (Å²) in [5.74, 6) is -4.00. The first-order valence-electron chi connectivity index (χ1n) is 4.81. The number of aliphatic carboxylic acids is 2. The molecule has 0 aromatic rings. The van der Waals surface area contributed by atoms with Gasteiger partial charge in [-0.1, -0.05) is 18.2 Å². The summed E-state index contributed by atoms with van der Waals surface area (Å²) in [7, 11) is 0. The third-order valence-electron chi connectivity index (χ3n) is 2.71. The van der Waals surface area contributed by atoms with Gasteiger partial charge in [-0.3, -0.25) is 9.59 Å². The Balaban J connectivity index is 2.93. The van der Waals surface area contributed by atoms with Gasteiger partial charge in [-0.05, 0) is 18.8 Å². The number of allylic oxidation sites excluding steroid dienone is 3. The average molecular weight is 210 g/mol. The Kier molecular flexibility index (Phi) is 3.66. The van der Waals surface area contributed by atoms with E-state index in [-0.39, 0.29) is 5.92 Å². The number of hydrogen-bond acceptors (Lipinski definition) is 2. The topological polar surface area (TPSA) is 74.6 Å². The Labute approximate surface area is 87.9 Å². The Morgan fingerprint density at radius 3 is 2.53 bits per heavy atom. The van der Waals surface area contributed by atoms with E-state index in [0.717, 1.165) is 0 Å². The van der Waals surface area contributed by atoms with Gasteiger partial charge in [0, 0.05) is 0 Å². The zero-order valence-corrected chi connectivity index (χ0v) is 8.30. The quantitative estimate of drug-likeness (QED) is 0.690. The Hall–Kier alpha value is -1.58. The van der Waals surface area contributed by atoms with Crippen molar-refractivity contribution >= 4 is 11.9 Å². The summed E-state index contributed by atoms with van der Waals surface area (Å²) in [6.07, 6.45) is 5.93. The number of rotatable bonds is 4. The highest BCUT2D eigenvalue weighted by Crippen LogP contribution is 2.33. The summed E-state index contributed by atoms with van der Waals surface area (Å²) in [6.45, 7) is 3.54. The summed E-state index contributed by atoms with van der Waals surface area (Å²) < 4.78 is 0. The molecule has 1 rings (SSSR count). The molecule has 1 aliphatic rings. The van der Waals surface area contributed by atoms with Crippen molar-refractivity contribution in [3.05, 3.63) is 24.8 Å². The maximum Gasteiger partial charge on any atom is 0.307 e. The highest BCUT2D eigenvalue weighted by molar-refractivity contribution is 5.81. The number of carboxylic acids is 2. The van der Waals surface area contributed by atoms with Crippen molar-refractivity contribution in [2.75, 3.05) is 0 Å². The monoisotopic (exact) mass is 210 g/mol. The molecule has 0 aromatic carbocycles. The van der Waals surface area contributed by atoms with Gasteiger partial charge in [-0.15, -0.1) is 6.58 Å².